The van der Waals surface area contributed by atoms with Crippen molar-refractivity contribution in [3.63, 3.8) is 0 Å². The van der Waals surface area contributed by atoms with Crippen molar-refractivity contribution in [3.05, 3.63) is 63.6 Å². The van der Waals surface area contributed by atoms with Gasteiger partial charge in [-0.25, -0.2) is 0 Å². The highest BCUT2D eigenvalue weighted by Crippen LogP contribution is 2.38. The number of hydrogen-bond donors (Lipinski definition) is 0. The van der Waals surface area contributed by atoms with Gasteiger partial charge in [-0.15, -0.1) is 0 Å². The maximum absolute atomic E-state index is 3.77. The lowest BCUT2D eigenvalue weighted by molar-refractivity contribution is 0.796. The van der Waals surface area contributed by atoms with Crippen molar-refractivity contribution in [2.24, 2.45) is 0 Å². The van der Waals surface area contributed by atoms with Gasteiger partial charge in [0.15, 0.2) is 0 Å². The van der Waals surface area contributed by atoms with Crippen LogP contribution in [0.15, 0.2) is 46.9 Å². The molecular weight excluding hydrogens is 320 g/mol. The second-order valence-electron chi connectivity index (χ2n) is 5.84. The Morgan fingerprint density at radius 2 is 1.95 bits per heavy atom. The van der Waals surface area contributed by atoms with E-state index in [-0.39, 0.29) is 0 Å². The minimum absolute atomic E-state index is 1.06. The minimum Gasteiger partial charge on any atom is -0.0765 e. The summed E-state index contributed by atoms with van der Waals surface area (Å²) in [6.07, 6.45) is 7.04. The third-order valence-electron chi connectivity index (χ3n) is 4.32. The fraction of sp³-hybridized carbons (Fsp3) is 0.300. The Labute approximate surface area is 136 Å². The summed E-state index contributed by atoms with van der Waals surface area (Å²) < 4.78 is 1.23. The summed E-state index contributed by atoms with van der Waals surface area (Å²) >= 11 is 3.77. The molecule has 1 heteroatoms. The Morgan fingerprint density at radius 1 is 1.14 bits per heavy atom. The van der Waals surface area contributed by atoms with Gasteiger partial charge < -0.3 is 0 Å². The van der Waals surface area contributed by atoms with Crippen molar-refractivity contribution in [3.8, 4) is 11.1 Å². The third kappa shape index (κ3) is 2.85. The summed E-state index contributed by atoms with van der Waals surface area (Å²) in [4.78, 5) is 0. The molecule has 0 heterocycles. The van der Waals surface area contributed by atoms with E-state index in [1.165, 1.54) is 57.1 Å². The number of rotatable bonds is 4. The molecule has 0 amide bonds. The molecule has 0 atom stereocenters. The zero-order chi connectivity index (χ0) is 14.8. The Balaban J connectivity index is 2.05. The second kappa shape index (κ2) is 6.19. The lowest BCUT2D eigenvalue weighted by Gasteiger charge is -2.13. The fourth-order valence-electron chi connectivity index (χ4n) is 3.17. The van der Waals surface area contributed by atoms with Crippen LogP contribution >= 0.6 is 15.9 Å². The van der Waals surface area contributed by atoms with Crippen molar-refractivity contribution in [1.82, 2.24) is 0 Å². The number of benzene rings is 2. The molecule has 2 aromatic carbocycles. The Bertz CT molecular complexity index is 695. The van der Waals surface area contributed by atoms with Crippen molar-refractivity contribution in [2.75, 3.05) is 0 Å². The molecule has 2 aromatic rings. The van der Waals surface area contributed by atoms with Gasteiger partial charge in [0.25, 0.3) is 0 Å². The first kappa shape index (κ1) is 14.6. The van der Waals surface area contributed by atoms with E-state index in [0.29, 0.717) is 0 Å². The lowest BCUT2D eigenvalue weighted by Crippen LogP contribution is -1.93. The van der Waals surface area contributed by atoms with E-state index in [2.05, 4.69) is 72.3 Å². The van der Waals surface area contributed by atoms with E-state index in [9.17, 15) is 0 Å². The van der Waals surface area contributed by atoms with E-state index in [1.54, 1.807) is 0 Å². The molecule has 0 unspecified atom stereocenters. The number of aryl methyl sites for hydroxylation is 1. The molecule has 0 nitrogen and oxygen atoms in total. The van der Waals surface area contributed by atoms with E-state index >= 15 is 0 Å². The molecule has 1 aliphatic carbocycles. The number of allylic oxidation sites excluding steroid dienone is 2. The average Bonchev–Trinajstić information content (AvgIpc) is 2.87. The molecule has 0 bridgehead atoms. The van der Waals surface area contributed by atoms with Crippen LogP contribution in [0, 0.1) is 0 Å². The maximum Gasteiger partial charge on any atom is 0.0259 e. The summed E-state index contributed by atoms with van der Waals surface area (Å²) in [6, 6.07) is 13.5. The van der Waals surface area contributed by atoms with Crippen LogP contribution in [0.2, 0.25) is 0 Å². The summed E-state index contributed by atoms with van der Waals surface area (Å²) in [6.45, 7) is 4.45. The predicted octanol–water partition coefficient (Wildman–Crippen LogP) is 6.42. The number of hydrogen-bond acceptors (Lipinski definition) is 0. The summed E-state index contributed by atoms with van der Waals surface area (Å²) in [7, 11) is 0. The number of halogens is 1. The zero-order valence-electron chi connectivity index (χ0n) is 12.7. The van der Waals surface area contributed by atoms with Gasteiger partial charge in [-0.2, -0.15) is 0 Å². The topological polar surface area (TPSA) is 0 Å². The average molecular weight is 341 g/mol. The molecule has 0 saturated heterocycles. The van der Waals surface area contributed by atoms with Gasteiger partial charge in [-0.05, 0) is 65.6 Å². The Morgan fingerprint density at radius 3 is 2.76 bits per heavy atom. The molecule has 3 rings (SSSR count). The molecule has 0 saturated carbocycles. The Kier molecular flexibility index (Phi) is 4.30. The fourth-order valence-corrected chi connectivity index (χ4v) is 3.99. The highest BCUT2D eigenvalue weighted by molar-refractivity contribution is 9.10. The van der Waals surface area contributed by atoms with Gasteiger partial charge in [-0.1, -0.05) is 65.7 Å². The minimum atomic E-state index is 1.06. The van der Waals surface area contributed by atoms with Gasteiger partial charge in [0.05, 0.1) is 0 Å². The van der Waals surface area contributed by atoms with Crippen LogP contribution in [0.25, 0.3) is 16.7 Å². The highest BCUT2D eigenvalue weighted by atomic mass is 79.9. The van der Waals surface area contributed by atoms with Gasteiger partial charge in [0, 0.05) is 4.47 Å². The summed E-state index contributed by atoms with van der Waals surface area (Å²) in [5, 5.41) is 0. The second-order valence-corrected chi connectivity index (χ2v) is 6.70. The van der Waals surface area contributed by atoms with Gasteiger partial charge >= 0.3 is 0 Å². The zero-order valence-corrected chi connectivity index (χ0v) is 14.3. The Hall–Kier alpha value is -1.34. The monoisotopic (exact) mass is 340 g/mol. The van der Waals surface area contributed by atoms with Gasteiger partial charge in [-0.3, -0.25) is 0 Å². The predicted molar refractivity (Wildman–Crippen MR) is 95.5 cm³/mol. The van der Waals surface area contributed by atoms with Crippen LogP contribution in [0.4, 0.5) is 0 Å². The van der Waals surface area contributed by atoms with Crippen molar-refractivity contribution >= 4 is 21.5 Å². The smallest absolute Gasteiger partial charge is 0.0259 e. The largest absolute Gasteiger partial charge is 0.0765 e. The molecular formula is C20H21Br. The molecule has 108 valence electrons. The summed E-state index contributed by atoms with van der Waals surface area (Å²) in [5.41, 5.74) is 8.43. The summed E-state index contributed by atoms with van der Waals surface area (Å²) in [5.74, 6) is 0. The third-order valence-corrected chi connectivity index (χ3v) is 4.95. The SMILES string of the molecule is CCCCc1ccccc1-c1cc(Br)c2c(c1)CC=C2C. The van der Waals surface area contributed by atoms with Crippen LogP contribution in [-0.2, 0) is 12.8 Å². The molecule has 0 spiro atoms. The molecule has 0 fully saturated rings. The van der Waals surface area contributed by atoms with Crippen LogP contribution in [0.1, 0.15) is 43.4 Å². The van der Waals surface area contributed by atoms with Crippen LogP contribution < -0.4 is 0 Å². The standard InChI is InChI=1S/C20H21Br/c1-3-4-7-15-8-5-6-9-18(15)17-12-16-11-10-14(2)20(16)19(21)13-17/h5-6,8-10,12-13H,3-4,7,11H2,1-2H3. The van der Waals surface area contributed by atoms with Crippen molar-refractivity contribution in [2.45, 2.75) is 39.5 Å². The van der Waals surface area contributed by atoms with Crippen LogP contribution in [0.5, 0.6) is 0 Å². The quantitative estimate of drug-likeness (QED) is 0.602. The lowest BCUT2D eigenvalue weighted by atomic mass is 9.93. The number of unbranched alkanes of at least 4 members (excludes halogenated alkanes) is 1. The van der Waals surface area contributed by atoms with Crippen molar-refractivity contribution < 1.29 is 0 Å². The first-order chi connectivity index (χ1) is 10.2. The van der Waals surface area contributed by atoms with Crippen molar-refractivity contribution in [1.29, 1.82) is 0 Å². The van der Waals surface area contributed by atoms with E-state index in [0.717, 1.165) is 6.42 Å². The first-order valence-corrected chi connectivity index (χ1v) is 8.58. The molecule has 0 aliphatic heterocycles. The molecule has 0 N–H and O–H groups in total. The molecule has 0 aromatic heterocycles. The maximum atomic E-state index is 3.77. The molecule has 0 radical (unpaired) electrons. The van der Waals surface area contributed by atoms with Gasteiger partial charge in [0.2, 0.25) is 0 Å². The molecule has 1 aliphatic rings. The van der Waals surface area contributed by atoms with Crippen LogP contribution in [0.3, 0.4) is 0 Å². The highest BCUT2D eigenvalue weighted by Gasteiger charge is 2.16. The van der Waals surface area contributed by atoms with Gasteiger partial charge in [0.1, 0.15) is 0 Å². The first-order valence-electron chi connectivity index (χ1n) is 7.78. The number of fused-ring (bicyclic) bond motifs is 1. The van der Waals surface area contributed by atoms with E-state index in [4.69, 9.17) is 0 Å². The molecule has 21 heavy (non-hydrogen) atoms. The van der Waals surface area contributed by atoms with Crippen LogP contribution in [-0.4, -0.2) is 0 Å². The van der Waals surface area contributed by atoms with E-state index in [1.807, 2.05) is 0 Å². The normalized spacial score (nSPS) is 13.2. The van der Waals surface area contributed by atoms with E-state index < -0.39 is 0 Å².